The molecular weight excluding hydrogens is 493 g/mol. The van der Waals surface area contributed by atoms with E-state index in [4.69, 9.17) is 103 Å². The molecule has 16 heteroatoms. The quantitative estimate of drug-likeness (QED) is 0.350. The second-order valence-corrected chi connectivity index (χ2v) is 0. The van der Waals surface area contributed by atoms with Gasteiger partial charge in [0.25, 0.3) is 0 Å². The normalized spacial score (nSPS) is 1.09. The van der Waals surface area contributed by atoms with Gasteiger partial charge in [0.05, 0.1) is 0 Å². The van der Waals surface area contributed by atoms with Gasteiger partial charge in [-0.05, 0) is 0 Å². The Morgan fingerprint density at radius 3 is 0.364 bits per heavy atom. The van der Waals surface area contributed by atoms with Crippen molar-refractivity contribution in [2.45, 2.75) is 0 Å². The van der Waals surface area contributed by atoms with Crippen LogP contribution in [0.25, 0.3) is 16.8 Å². The summed E-state index contributed by atoms with van der Waals surface area (Å²) in [5, 5.41) is 37.5. The van der Waals surface area contributed by atoms with E-state index in [0.717, 1.165) is 0 Å². The van der Waals surface area contributed by atoms with Crippen molar-refractivity contribution < 1.29 is 68.3 Å². The van der Waals surface area contributed by atoms with Crippen LogP contribution in [0.5, 0.6) is 0 Å². The van der Waals surface area contributed by atoms with Gasteiger partial charge in [-0.1, -0.05) is 0 Å². The SMILES string of the molecule is [C-]#N.[C-]#N.[C-]#N.[C-]#N.[C-]#N.[C-]#N.[Cu+2].[Cu+2].[Cu+2].[Fe+3].[N-]=O.[N-]=O.[N-]=O. The summed E-state index contributed by atoms with van der Waals surface area (Å²) < 4.78 is 0. The van der Waals surface area contributed by atoms with E-state index in [9.17, 15) is 0 Å². The molecule has 0 amide bonds. The first-order chi connectivity index (χ1) is 9.00. The van der Waals surface area contributed by atoms with E-state index in [-0.39, 0.29) is 68.3 Å². The summed E-state index contributed by atoms with van der Waals surface area (Å²) in [4.78, 5) is 21.8. The van der Waals surface area contributed by atoms with Gasteiger partial charge in [0.1, 0.15) is 0 Å². The maximum Gasteiger partial charge on any atom is 3.00 e. The van der Waals surface area contributed by atoms with Gasteiger partial charge in [-0.2, -0.15) is 0 Å². The molecule has 0 rings (SSSR count). The van der Waals surface area contributed by atoms with Crippen LogP contribution in [-0.4, -0.2) is 0 Å². The fourth-order valence-electron chi connectivity index (χ4n) is 0. The summed E-state index contributed by atoms with van der Waals surface area (Å²) >= 11 is 0. The van der Waals surface area contributed by atoms with Crippen molar-refractivity contribution in [3.8, 4) is 0 Å². The summed E-state index contributed by atoms with van der Waals surface area (Å²) in [6.45, 7) is 28.5. The van der Waals surface area contributed by atoms with Crippen LogP contribution < -0.4 is 0 Å². The Morgan fingerprint density at radius 1 is 0.364 bits per heavy atom. The van der Waals surface area contributed by atoms with Gasteiger partial charge < -0.3 is 103 Å². The van der Waals surface area contributed by atoms with E-state index < -0.39 is 0 Å². The Morgan fingerprint density at radius 2 is 0.364 bits per heavy atom. The molecule has 0 saturated heterocycles. The van der Waals surface area contributed by atoms with Crippen LogP contribution in [0.4, 0.5) is 0 Å². The van der Waals surface area contributed by atoms with Crippen LogP contribution >= 0.6 is 0 Å². The minimum absolute atomic E-state index is 0. The van der Waals surface area contributed by atoms with Crippen molar-refractivity contribution in [1.29, 1.82) is 31.6 Å². The summed E-state index contributed by atoms with van der Waals surface area (Å²) in [5.41, 5.74) is 17.2. The topological polar surface area (TPSA) is 261 Å². The van der Waals surface area contributed by atoms with Crippen LogP contribution in [-0.2, 0) is 68.3 Å². The number of hydrogen-bond donors (Lipinski definition) is 0. The van der Waals surface area contributed by atoms with Crippen LogP contribution in [0, 0.1) is 85.7 Å². The molecule has 0 bridgehead atoms. The van der Waals surface area contributed by atoms with E-state index in [1.54, 1.807) is 0 Å². The van der Waals surface area contributed by atoms with Crippen LogP contribution in [0.3, 0.4) is 0 Å². The molecule has 0 heterocycles. The number of nitroso groups, excluding NO2 is 3. The molecule has 0 aliphatic rings. The second kappa shape index (κ2) is 1250. The third-order valence-corrected chi connectivity index (χ3v) is 0. The fourth-order valence-corrected chi connectivity index (χ4v) is 0. The van der Waals surface area contributed by atoms with Crippen molar-refractivity contribution in [2.75, 3.05) is 0 Å². The predicted octanol–water partition coefficient (Wildman–Crippen LogP) is 1.53. The fraction of sp³-hybridized carbons (Fsp3) is 0. The third-order valence-electron chi connectivity index (χ3n) is 0. The number of nitrogens with zero attached hydrogens (tertiary/aromatic N) is 9. The smallest absolute Gasteiger partial charge is 0.577 e. The van der Waals surface area contributed by atoms with E-state index in [2.05, 4.69) is 0 Å². The van der Waals surface area contributed by atoms with Gasteiger partial charge in [0.2, 0.25) is 0 Å². The Bertz CT molecular complexity index is 149. The zero-order valence-electron chi connectivity index (χ0n) is 9.51. The van der Waals surface area contributed by atoms with Gasteiger partial charge in [-0.25, -0.2) is 0 Å². The first kappa shape index (κ1) is 151. The third kappa shape index (κ3) is 1060. The molecule has 0 N–H and O–H groups in total. The molecule has 0 aliphatic carbocycles. The second-order valence-electron chi connectivity index (χ2n) is 0. The van der Waals surface area contributed by atoms with Crippen LogP contribution in [0.2, 0.25) is 0 Å². The Kier molecular flexibility index (Phi) is 8610. The summed E-state index contributed by atoms with van der Waals surface area (Å²) in [7, 11) is 0. The van der Waals surface area contributed by atoms with Crippen molar-refractivity contribution in [2.24, 2.45) is 0 Å². The molecule has 0 aromatic rings. The van der Waals surface area contributed by atoms with Gasteiger partial charge in [0.15, 0.2) is 0 Å². The zero-order chi connectivity index (χ0) is 18.0. The molecule has 0 spiro atoms. The van der Waals surface area contributed by atoms with Crippen molar-refractivity contribution in [3.63, 3.8) is 0 Å². The number of hydrogen-bond acceptors (Lipinski definition) is 9. The largest absolute Gasteiger partial charge is 3.00 e. The minimum Gasteiger partial charge on any atom is -0.577 e. The summed E-state index contributed by atoms with van der Waals surface area (Å²) in [6, 6.07) is 0. The molecule has 0 aliphatic heterocycles. The van der Waals surface area contributed by atoms with Gasteiger partial charge >= 0.3 is 68.3 Å². The monoisotopic (exact) mass is 491 g/mol. The Hall–Kier alpha value is -2.18. The molecule has 22 heavy (non-hydrogen) atoms. The van der Waals surface area contributed by atoms with Crippen LogP contribution in [0.1, 0.15) is 0 Å². The van der Waals surface area contributed by atoms with Crippen molar-refractivity contribution in [1.82, 2.24) is 0 Å². The summed E-state index contributed by atoms with van der Waals surface area (Å²) in [6.07, 6.45) is 0. The maximum absolute atomic E-state index is 7.25. The molecule has 0 fully saturated rings. The van der Waals surface area contributed by atoms with Crippen molar-refractivity contribution in [3.05, 3.63) is 70.9 Å². The molecule has 0 unspecified atom stereocenters. The molecule has 0 saturated carbocycles. The molecule has 0 atom stereocenters. The molecular formula is C6Cu3FeN9O3. The first-order valence-electron chi connectivity index (χ1n) is 1.89. The van der Waals surface area contributed by atoms with Crippen molar-refractivity contribution >= 4 is 0 Å². The number of rotatable bonds is 0. The minimum atomic E-state index is 0. The van der Waals surface area contributed by atoms with E-state index in [1.807, 2.05) is 0 Å². The molecule has 4 radical (unpaired) electrons. The predicted molar refractivity (Wildman–Crippen MR) is 50.0 cm³/mol. The van der Waals surface area contributed by atoms with Gasteiger partial charge in [-0.3, -0.25) is 0 Å². The molecule has 0 aromatic carbocycles. The maximum atomic E-state index is 7.25. The molecule has 12 nitrogen and oxygen atoms in total. The van der Waals surface area contributed by atoms with Crippen LogP contribution in [0.15, 0.2) is 0 Å². The average molecular weight is 493 g/mol. The Labute approximate surface area is 170 Å². The van der Waals surface area contributed by atoms with Gasteiger partial charge in [0, 0.05) is 0 Å². The van der Waals surface area contributed by atoms with E-state index in [0.29, 0.717) is 0 Å². The molecule has 0 aromatic heterocycles. The molecule has 128 valence electrons. The average Bonchev–Trinajstić information content (AvgIpc) is 2.63. The first-order valence-corrected chi connectivity index (χ1v) is 1.89. The van der Waals surface area contributed by atoms with E-state index >= 15 is 0 Å². The van der Waals surface area contributed by atoms with E-state index in [1.165, 1.54) is 0 Å². The zero-order valence-corrected chi connectivity index (χ0v) is 13.4. The van der Waals surface area contributed by atoms with Gasteiger partial charge in [-0.15, -0.1) is 0 Å². The summed E-state index contributed by atoms with van der Waals surface area (Å²) in [5.74, 6) is 0. The Balaban J connectivity index is -0.00000000368. The standard InChI is InChI=1S/6CN.3Cu.Fe.3NO/c6*1-2;;;;;3*1-2/q6*-1;3*+2;+3;3*-1.